The van der Waals surface area contributed by atoms with Crippen molar-refractivity contribution in [3.05, 3.63) is 78.0 Å². The summed E-state index contributed by atoms with van der Waals surface area (Å²) in [5, 5.41) is 3.63. The predicted octanol–water partition coefficient (Wildman–Crippen LogP) is 5.96. The maximum absolute atomic E-state index is 5.59. The molecule has 0 unspecified atom stereocenters. The number of fused-ring (bicyclic) bond motifs is 2. The molecule has 0 radical (unpaired) electrons. The fourth-order valence-corrected chi connectivity index (χ4v) is 5.88. The van der Waals surface area contributed by atoms with Crippen LogP contribution in [0.15, 0.2) is 66.9 Å². The number of hydrogen-bond acceptors (Lipinski definition) is 5. The molecule has 6 rings (SSSR count). The average molecular weight is 455 g/mol. The molecule has 3 heterocycles. The molecule has 1 N–H and O–H groups in total. The summed E-state index contributed by atoms with van der Waals surface area (Å²) >= 11 is 0. The van der Waals surface area contributed by atoms with Crippen molar-refractivity contribution in [3.8, 4) is 0 Å². The molecule has 1 saturated heterocycles. The molecule has 0 amide bonds. The van der Waals surface area contributed by atoms with Crippen molar-refractivity contribution in [2.45, 2.75) is 38.1 Å². The number of benzene rings is 2. The summed E-state index contributed by atoms with van der Waals surface area (Å²) < 4.78 is 5.59. The van der Waals surface area contributed by atoms with Crippen LogP contribution in [0.4, 0.5) is 22.9 Å². The number of nitrogens with zero attached hydrogens (tertiary/aromatic N) is 3. The number of pyridine rings is 1. The van der Waals surface area contributed by atoms with Gasteiger partial charge in [0.15, 0.2) is 0 Å². The zero-order valence-corrected chi connectivity index (χ0v) is 19.8. The molecular formula is C29H34N4O. The van der Waals surface area contributed by atoms with E-state index in [4.69, 9.17) is 4.74 Å². The van der Waals surface area contributed by atoms with Crippen LogP contribution < -0.4 is 15.1 Å². The highest BCUT2D eigenvalue weighted by molar-refractivity contribution is 5.81. The van der Waals surface area contributed by atoms with Crippen LogP contribution in [0, 0.1) is 5.92 Å². The van der Waals surface area contributed by atoms with Crippen molar-refractivity contribution in [3.63, 3.8) is 0 Å². The second-order valence-corrected chi connectivity index (χ2v) is 9.95. The number of ether oxygens (including phenoxy) is 1. The van der Waals surface area contributed by atoms with Crippen LogP contribution in [0.5, 0.6) is 0 Å². The molecule has 0 bridgehead atoms. The lowest BCUT2D eigenvalue weighted by Gasteiger charge is -2.35. The van der Waals surface area contributed by atoms with Gasteiger partial charge in [-0.3, -0.25) is 0 Å². The van der Waals surface area contributed by atoms with Gasteiger partial charge in [-0.25, -0.2) is 4.98 Å². The summed E-state index contributed by atoms with van der Waals surface area (Å²) in [4.78, 5) is 9.70. The molecule has 2 fully saturated rings. The van der Waals surface area contributed by atoms with E-state index in [1.807, 2.05) is 6.20 Å². The van der Waals surface area contributed by atoms with Crippen LogP contribution in [0.1, 0.15) is 42.7 Å². The van der Waals surface area contributed by atoms with Crippen LogP contribution >= 0.6 is 0 Å². The van der Waals surface area contributed by atoms with Crippen molar-refractivity contribution in [2.24, 2.45) is 5.92 Å². The summed E-state index contributed by atoms with van der Waals surface area (Å²) in [6.45, 7) is 5.51. The molecule has 0 atom stereocenters. The molecule has 3 aromatic rings. The monoisotopic (exact) mass is 454 g/mol. The first-order valence-corrected chi connectivity index (χ1v) is 12.8. The van der Waals surface area contributed by atoms with Gasteiger partial charge in [-0.05, 0) is 67.3 Å². The third kappa shape index (κ3) is 4.49. The van der Waals surface area contributed by atoms with E-state index in [0.29, 0.717) is 5.92 Å². The van der Waals surface area contributed by atoms with E-state index in [-0.39, 0.29) is 0 Å². The van der Waals surface area contributed by atoms with E-state index < -0.39 is 0 Å². The first-order chi connectivity index (χ1) is 16.8. The number of aromatic nitrogens is 1. The van der Waals surface area contributed by atoms with Gasteiger partial charge in [0.1, 0.15) is 5.82 Å². The molecule has 176 valence electrons. The van der Waals surface area contributed by atoms with Gasteiger partial charge < -0.3 is 19.9 Å². The molecule has 0 spiro atoms. The Balaban J connectivity index is 1.24. The number of rotatable bonds is 4. The molecule has 2 aromatic carbocycles. The predicted molar refractivity (Wildman–Crippen MR) is 139 cm³/mol. The van der Waals surface area contributed by atoms with Gasteiger partial charge in [0.25, 0.3) is 0 Å². The average Bonchev–Trinajstić information content (AvgIpc) is 3.06. The summed E-state index contributed by atoms with van der Waals surface area (Å²) in [6.07, 6.45) is 7.05. The highest BCUT2D eigenvalue weighted by atomic mass is 16.5. The molecule has 2 aliphatic heterocycles. The molecule has 34 heavy (non-hydrogen) atoms. The Kier molecular flexibility index (Phi) is 6.11. The van der Waals surface area contributed by atoms with Gasteiger partial charge in [-0.15, -0.1) is 0 Å². The fourth-order valence-electron chi connectivity index (χ4n) is 5.88. The van der Waals surface area contributed by atoms with Crippen molar-refractivity contribution in [1.29, 1.82) is 0 Å². The quantitative estimate of drug-likeness (QED) is 0.527. The minimum absolute atomic E-state index is 0.716. The standard InChI is InChI=1S/C29H34N4O/c1-2-5-23(6-3-1)24-10-8-22(9-11-24)20-33-21-25-7-4-14-30-29(25)31-27-13-12-26(19-28(27)33)32-15-17-34-18-16-32/h1-7,12-14,19,22,24H,8-11,15-18,20-21H2,(H,30,31). The van der Waals surface area contributed by atoms with E-state index in [0.717, 1.165) is 56.8 Å². The van der Waals surface area contributed by atoms with E-state index in [9.17, 15) is 0 Å². The maximum atomic E-state index is 5.59. The number of morpholine rings is 1. The highest BCUT2D eigenvalue weighted by Gasteiger charge is 2.27. The molecule has 1 aromatic heterocycles. The number of anilines is 4. The third-order valence-electron chi connectivity index (χ3n) is 7.80. The first-order valence-electron chi connectivity index (χ1n) is 12.8. The second kappa shape index (κ2) is 9.67. The van der Waals surface area contributed by atoms with Gasteiger partial charge in [0.2, 0.25) is 0 Å². The Morgan fingerprint density at radius 1 is 0.912 bits per heavy atom. The topological polar surface area (TPSA) is 40.6 Å². The Morgan fingerprint density at radius 2 is 1.74 bits per heavy atom. The fraction of sp³-hybridized carbons (Fsp3) is 0.414. The van der Waals surface area contributed by atoms with Crippen molar-refractivity contribution in [1.82, 2.24) is 4.98 Å². The van der Waals surface area contributed by atoms with Gasteiger partial charge in [0, 0.05) is 43.6 Å². The van der Waals surface area contributed by atoms with Gasteiger partial charge in [0.05, 0.1) is 24.6 Å². The van der Waals surface area contributed by atoms with E-state index in [1.54, 1.807) is 0 Å². The van der Waals surface area contributed by atoms with E-state index in [2.05, 4.69) is 80.8 Å². The SMILES string of the molecule is c1ccc(C2CCC(CN3Cc4cccnc4Nc4ccc(N5CCOCC5)cc43)CC2)cc1. The highest BCUT2D eigenvalue weighted by Crippen LogP contribution is 2.41. The van der Waals surface area contributed by atoms with Crippen LogP contribution in [0.25, 0.3) is 0 Å². The first kappa shape index (κ1) is 21.5. The lowest BCUT2D eigenvalue weighted by Crippen LogP contribution is -2.36. The van der Waals surface area contributed by atoms with Crippen LogP contribution in [0.3, 0.4) is 0 Å². The van der Waals surface area contributed by atoms with Gasteiger partial charge >= 0.3 is 0 Å². The summed E-state index contributed by atoms with van der Waals surface area (Å²) in [5.74, 6) is 2.42. The van der Waals surface area contributed by atoms with Crippen molar-refractivity contribution >= 4 is 22.9 Å². The largest absolute Gasteiger partial charge is 0.378 e. The second-order valence-electron chi connectivity index (χ2n) is 9.95. The number of nitrogens with one attached hydrogen (secondary N) is 1. The van der Waals surface area contributed by atoms with E-state index >= 15 is 0 Å². The Bertz CT molecular complexity index is 1100. The minimum Gasteiger partial charge on any atom is -0.378 e. The van der Waals surface area contributed by atoms with Crippen molar-refractivity contribution in [2.75, 3.05) is 48.0 Å². The van der Waals surface area contributed by atoms with Gasteiger partial charge in [-0.2, -0.15) is 0 Å². The van der Waals surface area contributed by atoms with Crippen LogP contribution in [-0.4, -0.2) is 37.8 Å². The summed E-state index contributed by atoms with van der Waals surface area (Å²) in [5.41, 5.74) is 6.53. The molecule has 5 heteroatoms. The smallest absolute Gasteiger partial charge is 0.135 e. The van der Waals surface area contributed by atoms with Crippen LogP contribution in [0.2, 0.25) is 0 Å². The lowest BCUT2D eigenvalue weighted by atomic mass is 9.78. The molecule has 1 aliphatic carbocycles. The minimum atomic E-state index is 0.716. The lowest BCUT2D eigenvalue weighted by molar-refractivity contribution is 0.122. The Morgan fingerprint density at radius 3 is 2.56 bits per heavy atom. The van der Waals surface area contributed by atoms with Crippen molar-refractivity contribution < 1.29 is 4.74 Å². The van der Waals surface area contributed by atoms with Crippen LogP contribution in [-0.2, 0) is 11.3 Å². The zero-order valence-electron chi connectivity index (χ0n) is 19.8. The number of hydrogen-bond donors (Lipinski definition) is 1. The molecule has 5 nitrogen and oxygen atoms in total. The molecule has 1 saturated carbocycles. The van der Waals surface area contributed by atoms with Gasteiger partial charge in [-0.1, -0.05) is 36.4 Å². The summed E-state index contributed by atoms with van der Waals surface area (Å²) in [6, 6.07) is 22.2. The third-order valence-corrected chi connectivity index (χ3v) is 7.80. The maximum Gasteiger partial charge on any atom is 0.135 e. The molecular weight excluding hydrogens is 420 g/mol. The summed E-state index contributed by atoms with van der Waals surface area (Å²) in [7, 11) is 0. The molecule has 3 aliphatic rings. The van der Waals surface area contributed by atoms with E-state index in [1.165, 1.54) is 48.2 Å². The normalized spacial score (nSPS) is 22.4. The Hall–Kier alpha value is -3.05. The zero-order chi connectivity index (χ0) is 22.7. The Labute approximate surface area is 202 Å².